The predicted molar refractivity (Wildman–Crippen MR) is 112 cm³/mol. The molecule has 0 fully saturated rings. The molecule has 0 unspecified atom stereocenters. The summed E-state index contributed by atoms with van der Waals surface area (Å²) in [7, 11) is 2.45. The number of pyridine rings is 1. The van der Waals surface area contributed by atoms with Crippen LogP contribution in [-0.2, 0) is 9.47 Å². The van der Waals surface area contributed by atoms with Gasteiger partial charge in [-0.2, -0.15) is 0 Å². The second-order valence-corrected chi connectivity index (χ2v) is 6.84. The molecule has 0 aliphatic carbocycles. The van der Waals surface area contributed by atoms with Crippen molar-refractivity contribution in [2.45, 2.75) is 6.92 Å². The van der Waals surface area contributed by atoms with Gasteiger partial charge in [-0.3, -0.25) is 4.79 Å². The van der Waals surface area contributed by atoms with E-state index in [9.17, 15) is 14.4 Å². The summed E-state index contributed by atoms with van der Waals surface area (Å²) < 4.78 is 11.5. The number of aryl methyl sites for hydroxylation is 1. The molecule has 150 valence electrons. The van der Waals surface area contributed by atoms with Crippen molar-refractivity contribution in [3.63, 3.8) is 0 Å². The van der Waals surface area contributed by atoms with Gasteiger partial charge in [-0.1, -0.05) is 48.5 Å². The van der Waals surface area contributed by atoms with Gasteiger partial charge >= 0.3 is 11.9 Å². The van der Waals surface area contributed by atoms with Crippen LogP contribution in [0.2, 0.25) is 0 Å². The first-order valence-electron chi connectivity index (χ1n) is 9.32. The largest absolute Gasteiger partial charge is 0.465 e. The summed E-state index contributed by atoms with van der Waals surface area (Å²) in [6, 6.07) is 18.1. The zero-order chi connectivity index (χ0) is 21.4. The molecule has 0 saturated carbocycles. The van der Waals surface area contributed by atoms with Crippen LogP contribution in [0.4, 0.5) is 0 Å². The van der Waals surface area contributed by atoms with Crippen LogP contribution in [-0.4, -0.2) is 36.3 Å². The number of rotatable bonds is 4. The molecule has 0 N–H and O–H groups in total. The lowest BCUT2D eigenvalue weighted by Crippen LogP contribution is -2.15. The second-order valence-electron chi connectivity index (χ2n) is 6.84. The number of nitrogens with zero attached hydrogens (tertiary/aromatic N) is 1. The van der Waals surface area contributed by atoms with E-state index in [4.69, 9.17) is 9.47 Å². The van der Waals surface area contributed by atoms with Gasteiger partial charge in [-0.15, -0.1) is 0 Å². The molecule has 6 heteroatoms. The summed E-state index contributed by atoms with van der Waals surface area (Å²) in [6.45, 7) is 1.82. The van der Waals surface area contributed by atoms with Gasteiger partial charge < -0.3 is 13.9 Å². The number of para-hydroxylation sites is 1. The Bertz CT molecular complexity index is 1330. The summed E-state index contributed by atoms with van der Waals surface area (Å²) in [5, 5.41) is 0.844. The molecule has 0 spiro atoms. The van der Waals surface area contributed by atoms with Crippen LogP contribution in [0.25, 0.3) is 16.4 Å². The van der Waals surface area contributed by atoms with Crippen molar-refractivity contribution in [1.82, 2.24) is 4.40 Å². The number of fused-ring (bicyclic) bond motifs is 3. The van der Waals surface area contributed by atoms with E-state index >= 15 is 0 Å². The minimum atomic E-state index is -0.778. The van der Waals surface area contributed by atoms with E-state index in [1.807, 2.05) is 49.4 Å². The maximum Gasteiger partial charge on any atom is 0.355 e. The third-order valence-electron chi connectivity index (χ3n) is 5.19. The molecule has 2 heterocycles. The fourth-order valence-corrected chi connectivity index (χ4v) is 3.78. The molecule has 2 aromatic carbocycles. The highest BCUT2D eigenvalue weighted by atomic mass is 16.5. The monoisotopic (exact) mass is 401 g/mol. The average Bonchev–Trinajstić information content (AvgIpc) is 3.13. The van der Waals surface area contributed by atoms with Gasteiger partial charge in [0.25, 0.3) is 0 Å². The summed E-state index contributed by atoms with van der Waals surface area (Å²) in [5.74, 6) is -1.87. The lowest BCUT2D eigenvalue weighted by atomic mass is 9.96. The number of esters is 2. The van der Waals surface area contributed by atoms with E-state index < -0.39 is 11.9 Å². The standard InChI is InChI=1S/C24H19NO5/c1-14-8-4-6-10-16(14)22(26)19-18-13-12-15-9-5-7-11-17(15)25(18)21(24(28)30-3)20(19)23(27)29-2/h4-13H,1-3H3. The number of carbonyl (C=O) groups is 3. The number of ketones is 1. The van der Waals surface area contributed by atoms with Gasteiger partial charge in [-0.25, -0.2) is 9.59 Å². The Balaban J connectivity index is 2.20. The van der Waals surface area contributed by atoms with Crippen LogP contribution < -0.4 is 0 Å². The van der Waals surface area contributed by atoms with Crippen molar-refractivity contribution in [1.29, 1.82) is 0 Å². The fraction of sp³-hybridized carbons (Fsp3) is 0.125. The van der Waals surface area contributed by atoms with Crippen LogP contribution in [0.3, 0.4) is 0 Å². The van der Waals surface area contributed by atoms with Crippen molar-refractivity contribution >= 4 is 34.1 Å². The van der Waals surface area contributed by atoms with E-state index in [2.05, 4.69) is 0 Å². The van der Waals surface area contributed by atoms with Crippen LogP contribution >= 0.6 is 0 Å². The average molecular weight is 401 g/mol. The van der Waals surface area contributed by atoms with Crippen molar-refractivity contribution in [3.8, 4) is 0 Å². The Morgan fingerprint density at radius 3 is 2.10 bits per heavy atom. The maximum atomic E-state index is 13.6. The summed E-state index contributed by atoms with van der Waals surface area (Å²) in [6.07, 6.45) is 0. The molecular formula is C24H19NO5. The third kappa shape index (κ3) is 2.85. The zero-order valence-electron chi connectivity index (χ0n) is 16.8. The molecule has 30 heavy (non-hydrogen) atoms. The summed E-state index contributed by atoms with van der Waals surface area (Å²) >= 11 is 0. The Morgan fingerprint density at radius 1 is 0.733 bits per heavy atom. The van der Waals surface area contributed by atoms with Gasteiger partial charge in [0.1, 0.15) is 11.3 Å². The normalized spacial score (nSPS) is 10.9. The first-order valence-corrected chi connectivity index (χ1v) is 9.32. The number of benzene rings is 2. The van der Waals surface area contributed by atoms with Gasteiger partial charge in [0, 0.05) is 5.56 Å². The Labute approximate surface area is 172 Å². The lowest BCUT2D eigenvalue weighted by Gasteiger charge is -2.07. The van der Waals surface area contributed by atoms with Gasteiger partial charge in [0.2, 0.25) is 0 Å². The van der Waals surface area contributed by atoms with Gasteiger partial charge in [0.15, 0.2) is 5.78 Å². The first kappa shape index (κ1) is 19.4. The maximum absolute atomic E-state index is 13.6. The third-order valence-corrected chi connectivity index (χ3v) is 5.19. The SMILES string of the molecule is COC(=O)c1c(C(=O)c2ccccc2C)c2ccc3ccccc3n2c1C(=O)OC. The minimum Gasteiger partial charge on any atom is -0.465 e. The second kappa shape index (κ2) is 7.48. The highest BCUT2D eigenvalue weighted by Gasteiger charge is 2.34. The highest BCUT2D eigenvalue weighted by molar-refractivity contribution is 6.22. The zero-order valence-corrected chi connectivity index (χ0v) is 16.8. The molecular weight excluding hydrogens is 382 g/mol. The van der Waals surface area contributed by atoms with Crippen molar-refractivity contribution in [2.75, 3.05) is 14.2 Å². The predicted octanol–water partition coefficient (Wildman–Crippen LogP) is 4.21. The number of ether oxygens (including phenoxy) is 2. The van der Waals surface area contributed by atoms with Crippen LogP contribution in [0, 0.1) is 6.92 Å². The van der Waals surface area contributed by atoms with Crippen molar-refractivity contribution in [3.05, 3.63) is 88.6 Å². The van der Waals surface area contributed by atoms with E-state index in [1.165, 1.54) is 14.2 Å². The van der Waals surface area contributed by atoms with E-state index in [0.717, 1.165) is 10.9 Å². The number of methoxy groups -OCH3 is 2. The smallest absolute Gasteiger partial charge is 0.355 e. The lowest BCUT2D eigenvalue weighted by molar-refractivity contribution is 0.0550. The quantitative estimate of drug-likeness (QED) is 0.378. The molecule has 0 radical (unpaired) electrons. The summed E-state index contributed by atoms with van der Waals surface area (Å²) in [5.41, 5.74) is 2.29. The first-order chi connectivity index (χ1) is 14.5. The molecule has 0 aliphatic heterocycles. The van der Waals surface area contributed by atoms with Crippen molar-refractivity contribution < 1.29 is 23.9 Å². The molecule has 2 aromatic heterocycles. The van der Waals surface area contributed by atoms with Gasteiger partial charge in [0.05, 0.1) is 30.8 Å². The van der Waals surface area contributed by atoms with Crippen LogP contribution in [0.1, 0.15) is 42.3 Å². The molecule has 0 amide bonds. The number of hydrogen-bond acceptors (Lipinski definition) is 5. The molecule has 0 saturated heterocycles. The Kier molecular flexibility index (Phi) is 4.83. The number of hydrogen-bond donors (Lipinski definition) is 0. The molecule has 4 rings (SSSR count). The van der Waals surface area contributed by atoms with E-state index in [1.54, 1.807) is 22.6 Å². The van der Waals surface area contributed by atoms with E-state index in [-0.39, 0.29) is 22.6 Å². The molecule has 6 nitrogen and oxygen atoms in total. The van der Waals surface area contributed by atoms with Crippen LogP contribution in [0.15, 0.2) is 60.7 Å². The topological polar surface area (TPSA) is 74.1 Å². The molecule has 0 bridgehead atoms. The summed E-state index contributed by atoms with van der Waals surface area (Å²) in [4.78, 5) is 39.2. The number of aromatic nitrogens is 1. The molecule has 0 aliphatic rings. The highest BCUT2D eigenvalue weighted by Crippen LogP contribution is 2.32. The van der Waals surface area contributed by atoms with Crippen LogP contribution in [0.5, 0.6) is 0 Å². The Hall–Kier alpha value is -3.93. The molecule has 0 atom stereocenters. The fourth-order valence-electron chi connectivity index (χ4n) is 3.78. The number of carbonyl (C=O) groups excluding carboxylic acids is 3. The minimum absolute atomic E-state index is 0.0342. The van der Waals surface area contributed by atoms with E-state index in [0.29, 0.717) is 16.6 Å². The van der Waals surface area contributed by atoms with Crippen molar-refractivity contribution in [2.24, 2.45) is 0 Å². The van der Waals surface area contributed by atoms with Gasteiger partial charge in [-0.05, 0) is 30.0 Å². The Morgan fingerprint density at radius 2 is 1.40 bits per heavy atom. The molecule has 4 aromatic rings.